The van der Waals surface area contributed by atoms with Crippen LogP contribution in [0, 0.1) is 23.5 Å². The molecule has 3 atom stereocenters. The number of nitrogens with zero attached hydrogens (tertiary/aromatic N) is 2. The number of quaternary nitrogens is 1. The Morgan fingerprint density at radius 3 is 2.33 bits per heavy atom. The standard InChI is InChI=1S/C40H51F2N2O2/c1-5-31(7-6-30(3)27-44(4)24-22-29(2)23-25-44)28-46-38-19-10-33(11-20-38)40-34(26-43(40)37-17-15-36(42)16-18-37)12-21-39(45)32-8-13-35(41)14-9-32/h5-10,13-19,29,34,39-40,45H,1,11-12,20-28H2,2-4H3/q+1/b30-6+,31-7+/t29?,34-,39-,40+,44?/m0/s1. The second-order valence-corrected chi connectivity index (χ2v) is 14.0. The van der Waals surface area contributed by atoms with Gasteiger partial charge in [0, 0.05) is 24.6 Å². The van der Waals surface area contributed by atoms with Crippen LogP contribution in [-0.4, -0.2) is 55.5 Å². The Morgan fingerprint density at radius 2 is 1.70 bits per heavy atom. The van der Waals surface area contributed by atoms with Gasteiger partial charge in [-0.05, 0) is 110 Å². The maximum atomic E-state index is 13.7. The fraction of sp³-hybridized carbons (Fsp3) is 0.450. The molecule has 246 valence electrons. The second-order valence-electron chi connectivity index (χ2n) is 14.0. The first kappa shape index (κ1) is 33.9. The number of likely N-dealkylation sites (tertiary alicyclic amines) is 1. The molecule has 4 nitrogen and oxygen atoms in total. The molecule has 0 aromatic heterocycles. The largest absolute Gasteiger partial charge is 0.493 e. The lowest BCUT2D eigenvalue weighted by atomic mass is 9.76. The molecule has 5 rings (SSSR count). The third-order valence-corrected chi connectivity index (χ3v) is 10.2. The van der Waals surface area contributed by atoms with Crippen molar-refractivity contribution < 1.29 is 23.1 Å². The van der Waals surface area contributed by atoms with Crippen molar-refractivity contribution in [3.8, 4) is 0 Å². The molecule has 1 N–H and O–H groups in total. The van der Waals surface area contributed by atoms with Gasteiger partial charge in [-0.15, -0.1) is 0 Å². The summed E-state index contributed by atoms with van der Waals surface area (Å²) in [4.78, 5) is 2.33. The Labute approximate surface area is 274 Å². The van der Waals surface area contributed by atoms with E-state index in [9.17, 15) is 13.9 Å². The molecule has 2 heterocycles. The van der Waals surface area contributed by atoms with Gasteiger partial charge in [0.05, 0.1) is 38.0 Å². The average molecular weight is 630 g/mol. The zero-order valence-electron chi connectivity index (χ0n) is 27.8. The Balaban J connectivity index is 1.20. The third kappa shape index (κ3) is 8.86. The van der Waals surface area contributed by atoms with E-state index < -0.39 is 6.10 Å². The van der Waals surface area contributed by atoms with Gasteiger partial charge in [0.2, 0.25) is 0 Å². The number of hydrogen-bond donors (Lipinski definition) is 1. The monoisotopic (exact) mass is 629 g/mol. The van der Waals surface area contributed by atoms with Gasteiger partial charge in [-0.2, -0.15) is 0 Å². The Bertz CT molecular complexity index is 1450. The van der Waals surface area contributed by atoms with Crippen molar-refractivity contribution in [2.45, 2.75) is 64.5 Å². The van der Waals surface area contributed by atoms with Crippen molar-refractivity contribution in [3.63, 3.8) is 0 Å². The van der Waals surface area contributed by atoms with Gasteiger partial charge >= 0.3 is 0 Å². The highest BCUT2D eigenvalue weighted by Gasteiger charge is 2.41. The van der Waals surface area contributed by atoms with Crippen LogP contribution >= 0.6 is 0 Å². The van der Waals surface area contributed by atoms with E-state index in [0.717, 1.165) is 65.3 Å². The predicted octanol–water partition coefficient (Wildman–Crippen LogP) is 8.84. The SMILES string of the molecule is C=C/C(=C\C=C(/C)C[N+]1(C)CCC(C)CC1)COC1=CC=C([C@@H]2[C@@H](CC[C@H](O)c3ccc(F)cc3)CN2c2ccc(F)cc2)CC1. The van der Waals surface area contributed by atoms with Gasteiger partial charge in [0.25, 0.3) is 0 Å². The van der Waals surface area contributed by atoms with Crippen LogP contribution in [0.3, 0.4) is 0 Å². The summed E-state index contributed by atoms with van der Waals surface area (Å²) in [6, 6.07) is 13.0. The number of piperidine rings is 1. The van der Waals surface area contributed by atoms with Crippen LogP contribution < -0.4 is 4.90 Å². The van der Waals surface area contributed by atoms with Crippen molar-refractivity contribution in [2.75, 3.05) is 44.7 Å². The minimum atomic E-state index is -0.634. The van der Waals surface area contributed by atoms with E-state index in [1.54, 1.807) is 12.1 Å². The fourth-order valence-electron chi connectivity index (χ4n) is 7.19. The van der Waals surface area contributed by atoms with E-state index in [0.29, 0.717) is 18.9 Å². The summed E-state index contributed by atoms with van der Waals surface area (Å²) in [5.41, 5.74) is 5.51. The Morgan fingerprint density at radius 1 is 1.02 bits per heavy atom. The highest BCUT2D eigenvalue weighted by atomic mass is 19.1. The molecular formula is C40H51F2N2O2+. The summed E-state index contributed by atoms with van der Waals surface area (Å²) in [7, 11) is 2.38. The first-order chi connectivity index (χ1) is 22.1. The predicted molar refractivity (Wildman–Crippen MR) is 184 cm³/mol. The van der Waals surface area contributed by atoms with Gasteiger partial charge in [0.1, 0.15) is 24.8 Å². The van der Waals surface area contributed by atoms with Crippen LogP contribution in [0.15, 0.2) is 108 Å². The molecule has 0 amide bonds. The number of aliphatic hydroxyl groups is 1. The Hall–Kier alpha value is -3.48. The number of anilines is 1. The van der Waals surface area contributed by atoms with Crippen molar-refractivity contribution in [1.82, 2.24) is 0 Å². The molecule has 1 aliphatic carbocycles. The number of halogens is 2. The average Bonchev–Trinajstić information content (AvgIpc) is 3.04. The molecule has 3 aliphatic rings. The van der Waals surface area contributed by atoms with Crippen molar-refractivity contribution >= 4 is 5.69 Å². The summed E-state index contributed by atoms with van der Waals surface area (Å²) in [5.74, 6) is 1.62. The molecule has 0 spiro atoms. The summed E-state index contributed by atoms with van der Waals surface area (Å²) in [5, 5.41) is 10.8. The molecule has 0 radical (unpaired) electrons. The molecule has 0 saturated carbocycles. The molecule has 0 bridgehead atoms. The van der Waals surface area contributed by atoms with Crippen molar-refractivity contribution in [2.24, 2.45) is 11.8 Å². The van der Waals surface area contributed by atoms with Crippen LogP contribution in [0.1, 0.15) is 64.0 Å². The quantitative estimate of drug-likeness (QED) is 0.178. The lowest BCUT2D eigenvalue weighted by Crippen LogP contribution is -2.57. The lowest BCUT2D eigenvalue weighted by molar-refractivity contribution is -0.910. The van der Waals surface area contributed by atoms with Gasteiger partial charge in [-0.1, -0.05) is 49.9 Å². The van der Waals surface area contributed by atoms with Crippen molar-refractivity contribution in [3.05, 3.63) is 125 Å². The van der Waals surface area contributed by atoms with Gasteiger partial charge in [0.15, 0.2) is 0 Å². The molecule has 0 unspecified atom stereocenters. The summed E-state index contributed by atoms with van der Waals surface area (Å²) in [6.45, 7) is 13.5. The lowest BCUT2D eigenvalue weighted by Gasteiger charge is -2.51. The zero-order chi connectivity index (χ0) is 32.7. The number of hydrogen-bond acceptors (Lipinski definition) is 3. The molecule has 2 aromatic carbocycles. The molecular weight excluding hydrogens is 578 g/mol. The summed E-state index contributed by atoms with van der Waals surface area (Å²) in [6.07, 6.45) is 15.7. The molecule has 6 heteroatoms. The maximum Gasteiger partial charge on any atom is 0.123 e. The van der Waals surface area contributed by atoms with E-state index in [2.05, 4.69) is 56.7 Å². The zero-order valence-corrected chi connectivity index (χ0v) is 27.8. The number of ether oxygens (including phenoxy) is 1. The highest BCUT2D eigenvalue weighted by Crippen LogP contribution is 2.41. The second kappa shape index (κ2) is 15.4. The fourth-order valence-corrected chi connectivity index (χ4v) is 7.19. The molecule has 2 fully saturated rings. The van der Waals surface area contributed by atoms with E-state index in [1.807, 2.05) is 18.2 Å². The van der Waals surface area contributed by atoms with Gasteiger partial charge in [-0.3, -0.25) is 0 Å². The molecule has 2 aromatic rings. The number of allylic oxidation sites excluding steroid dienone is 5. The van der Waals surface area contributed by atoms with Crippen LogP contribution in [0.2, 0.25) is 0 Å². The third-order valence-electron chi connectivity index (χ3n) is 10.2. The number of rotatable bonds is 13. The van der Waals surface area contributed by atoms with E-state index in [4.69, 9.17) is 4.74 Å². The normalized spacial score (nSPS) is 26.1. The van der Waals surface area contributed by atoms with Gasteiger partial charge < -0.3 is 19.2 Å². The molecule has 46 heavy (non-hydrogen) atoms. The first-order valence-electron chi connectivity index (χ1n) is 16.9. The van der Waals surface area contributed by atoms with Gasteiger partial charge in [-0.25, -0.2) is 8.78 Å². The Kier molecular flexibility index (Phi) is 11.3. The molecule has 2 saturated heterocycles. The number of likely N-dealkylation sites (N-methyl/N-ethyl adjacent to an activating group) is 1. The number of benzene rings is 2. The topological polar surface area (TPSA) is 32.7 Å². The summed E-state index contributed by atoms with van der Waals surface area (Å²) < 4.78 is 34.4. The van der Waals surface area contributed by atoms with Crippen LogP contribution in [0.4, 0.5) is 14.5 Å². The van der Waals surface area contributed by atoms with Crippen LogP contribution in [-0.2, 0) is 4.74 Å². The van der Waals surface area contributed by atoms with Crippen molar-refractivity contribution in [1.29, 1.82) is 0 Å². The molecule has 2 aliphatic heterocycles. The maximum absolute atomic E-state index is 13.7. The van der Waals surface area contributed by atoms with Crippen LogP contribution in [0.5, 0.6) is 0 Å². The highest BCUT2D eigenvalue weighted by molar-refractivity contribution is 5.54. The summed E-state index contributed by atoms with van der Waals surface area (Å²) >= 11 is 0. The minimum Gasteiger partial charge on any atom is -0.493 e. The van der Waals surface area contributed by atoms with Crippen LogP contribution in [0.25, 0.3) is 0 Å². The minimum absolute atomic E-state index is 0.174. The smallest absolute Gasteiger partial charge is 0.123 e. The van der Waals surface area contributed by atoms with E-state index in [-0.39, 0.29) is 17.7 Å². The number of aliphatic hydroxyl groups excluding tert-OH is 1. The first-order valence-corrected chi connectivity index (χ1v) is 16.9. The van der Waals surface area contributed by atoms with E-state index >= 15 is 0 Å². The van der Waals surface area contributed by atoms with E-state index in [1.165, 1.54) is 61.3 Å².